The van der Waals surface area contributed by atoms with Gasteiger partial charge in [-0.05, 0) is 81.2 Å². The van der Waals surface area contributed by atoms with Gasteiger partial charge in [0.1, 0.15) is 0 Å². The number of hydrogen-bond acceptors (Lipinski definition) is 9. The standard InChI is InChI=1S/C30H39N11O2/c1-3-4-17-39-25-27(32-29(39)38-16-8-10-23(31)21-38)36(2)30(43)40(28(25)42)18-9-15-37-19-13-22(14-20-37)26-33-34-35-41(26)24-11-6-5-7-12-24/h5-7,11-12,22-23H,8-10,13-21,31H2,1-2H3/t23-/m1/s1. The number of imidazole rings is 1. The van der Waals surface area contributed by atoms with E-state index in [4.69, 9.17) is 10.7 Å². The Balaban J connectivity index is 1.16. The van der Waals surface area contributed by atoms with Gasteiger partial charge in [0.25, 0.3) is 5.56 Å². The Kier molecular flexibility index (Phi) is 8.40. The van der Waals surface area contributed by atoms with E-state index in [1.165, 1.54) is 9.13 Å². The Morgan fingerprint density at radius 3 is 2.56 bits per heavy atom. The third-order valence-electron chi connectivity index (χ3n) is 8.67. The average Bonchev–Trinajstić information content (AvgIpc) is 3.67. The van der Waals surface area contributed by atoms with E-state index in [1.807, 2.05) is 39.6 Å². The number of aromatic nitrogens is 8. The summed E-state index contributed by atoms with van der Waals surface area (Å²) < 4.78 is 6.53. The molecule has 0 amide bonds. The predicted molar refractivity (Wildman–Crippen MR) is 164 cm³/mol. The lowest BCUT2D eigenvalue weighted by molar-refractivity contribution is 0.202. The van der Waals surface area contributed by atoms with Gasteiger partial charge in [0.15, 0.2) is 17.0 Å². The summed E-state index contributed by atoms with van der Waals surface area (Å²) in [6, 6.07) is 10.0. The second kappa shape index (κ2) is 12.5. The summed E-state index contributed by atoms with van der Waals surface area (Å²) in [6.45, 7) is 6.49. The first kappa shape index (κ1) is 28.8. The predicted octanol–water partition coefficient (Wildman–Crippen LogP) is 1.09. The number of para-hydroxylation sites is 1. The maximum atomic E-state index is 13.8. The Hall–Kier alpha value is -4.28. The first-order valence-corrected chi connectivity index (χ1v) is 15.1. The van der Waals surface area contributed by atoms with Crippen molar-refractivity contribution >= 4 is 17.1 Å². The van der Waals surface area contributed by atoms with Gasteiger partial charge in [-0.3, -0.25) is 18.5 Å². The molecule has 0 aliphatic carbocycles. The van der Waals surface area contributed by atoms with Crippen molar-refractivity contribution in [2.75, 3.05) is 37.6 Å². The third kappa shape index (κ3) is 5.72. The zero-order valence-corrected chi connectivity index (χ0v) is 24.9. The zero-order valence-electron chi connectivity index (χ0n) is 24.9. The second-order valence-corrected chi connectivity index (χ2v) is 11.5. The maximum absolute atomic E-state index is 13.8. The topological polar surface area (TPSA) is 138 Å². The molecule has 5 heterocycles. The van der Waals surface area contributed by atoms with Gasteiger partial charge >= 0.3 is 5.69 Å². The molecule has 0 saturated carbocycles. The van der Waals surface area contributed by atoms with Crippen LogP contribution in [0.15, 0.2) is 39.9 Å². The third-order valence-corrected chi connectivity index (χ3v) is 8.67. The zero-order chi connectivity index (χ0) is 29.9. The van der Waals surface area contributed by atoms with E-state index in [2.05, 4.69) is 37.2 Å². The maximum Gasteiger partial charge on any atom is 0.332 e. The molecule has 2 N–H and O–H groups in total. The molecule has 2 aliphatic heterocycles. The number of tetrazole rings is 1. The van der Waals surface area contributed by atoms with Crippen molar-refractivity contribution < 1.29 is 0 Å². The van der Waals surface area contributed by atoms with Gasteiger partial charge in [-0.2, -0.15) is 9.67 Å². The minimum Gasteiger partial charge on any atom is -0.341 e. The van der Waals surface area contributed by atoms with Gasteiger partial charge in [0, 0.05) is 38.6 Å². The van der Waals surface area contributed by atoms with Crippen LogP contribution in [0.1, 0.15) is 50.8 Å². The summed E-state index contributed by atoms with van der Waals surface area (Å²) in [6.07, 6.45) is 4.49. The molecule has 2 aliphatic rings. The molecule has 43 heavy (non-hydrogen) atoms. The quantitative estimate of drug-likeness (QED) is 0.301. The van der Waals surface area contributed by atoms with Crippen molar-refractivity contribution in [3.05, 3.63) is 57.0 Å². The van der Waals surface area contributed by atoms with Crippen LogP contribution in [0.3, 0.4) is 0 Å². The van der Waals surface area contributed by atoms with Gasteiger partial charge < -0.3 is 15.5 Å². The van der Waals surface area contributed by atoms with Crippen molar-refractivity contribution in [3.63, 3.8) is 0 Å². The monoisotopic (exact) mass is 585 g/mol. The number of nitrogens with zero attached hydrogens (tertiary/aromatic N) is 10. The summed E-state index contributed by atoms with van der Waals surface area (Å²) in [5.41, 5.74) is 7.35. The fraction of sp³-hybridized carbons (Fsp3) is 0.533. The van der Waals surface area contributed by atoms with Gasteiger partial charge in [0.05, 0.1) is 12.2 Å². The number of anilines is 1. The van der Waals surface area contributed by atoms with Gasteiger partial charge in [0.2, 0.25) is 5.95 Å². The van der Waals surface area contributed by atoms with Crippen molar-refractivity contribution in [2.45, 2.75) is 64.1 Å². The van der Waals surface area contributed by atoms with E-state index in [0.717, 1.165) is 63.4 Å². The number of benzene rings is 1. The SMILES string of the molecule is CC#CCn1c(N2CCC[C@@H](N)C2)nc2c1c(=O)n(CCCN1CCC(c3nnnn3-c3ccccc3)CC1)c(=O)n2C. The Labute approximate surface area is 249 Å². The van der Waals surface area contributed by atoms with E-state index < -0.39 is 0 Å². The molecule has 226 valence electrons. The molecule has 2 saturated heterocycles. The molecule has 3 aromatic heterocycles. The molecular weight excluding hydrogens is 546 g/mol. The number of hydrogen-bond donors (Lipinski definition) is 1. The van der Waals surface area contributed by atoms with Crippen LogP contribution in [-0.4, -0.2) is 82.6 Å². The summed E-state index contributed by atoms with van der Waals surface area (Å²) >= 11 is 0. The fourth-order valence-corrected chi connectivity index (χ4v) is 6.37. The normalized spacial score (nSPS) is 18.2. The first-order chi connectivity index (χ1) is 21.0. The minimum atomic E-state index is -0.350. The number of likely N-dealkylation sites (tertiary alicyclic amines) is 1. The highest BCUT2D eigenvalue weighted by Crippen LogP contribution is 2.28. The van der Waals surface area contributed by atoms with Crippen molar-refractivity contribution in [1.29, 1.82) is 0 Å². The van der Waals surface area contributed by atoms with Crippen molar-refractivity contribution in [3.8, 4) is 17.5 Å². The largest absolute Gasteiger partial charge is 0.341 e. The van der Waals surface area contributed by atoms with E-state index in [9.17, 15) is 9.59 Å². The lowest BCUT2D eigenvalue weighted by atomic mass is 9.95. The van der Waals surface area contributed by atoms with E-state index >= 15 is 0 Å². The fourth-order valence-electron chi connectivity index (χ4n) is 6.37. The molecule has 13 heteroatoms. The van der Waals surface area contributed by atoms with Crippen molar-refractivity contribution in [1.82, 2.24) is 43.8 Å². The molecule has 0 spiro atoms. The molecular formula is C30H39N11O2. The Bertz CT molecular complexity index is 1750. The highest BCUT2D eigenvalue weighted by Gasteiger charge is 2.27. The van der Waals surface area contributed by atoms with E-state index in [1.54, 1.807) is 14.0 Å². The summed E-state index contributed by atoms with van der Waals surface area (Å²) in [7, 11) is 1.68. The highest BCUT2D eigenvalue weighted by molar-refractivity contribution is 5.75. The minimum absolute atomic E-state index is 0.0452. The lowest BCUT2D eigenvalue weighted by Crippen LogP contribution is -2.44. The number of fused-ring (bicyclic) bond motifs is 1. The molecule has 1 aromatic carbocycles. The number of rotatable bonds is 8. The molecule has 4 aromatic rings. The van der Waals surface area contributed by atoms with Crippen molar-refractivity contribution in [2.24, 2.45) is 12.8 Å². The molecule has 0 unspecified atom stereocenters. The van der Waals surface area contributed by atoms with Crippen LogP contribution in [0.5, 0.6) is 0 Å². The lowest BCUT2D eigenvalue weighted by Gasteiger charge is -2.31. The highest BCUT2D eigenvalue weighted by atomic mass is 16.2. The molecule has 2 fully saturated rings. The van der Waals surface area contributed by atoms with Crippen LogP contribution < -0.4 is 21.9 Å². The van der Waals surface area contributed by atoms with Crippen LogP contribution in [0.2, 0.25) is 0 Å². The van der Waals surface area contributed by atoms with E-state index in [0.29, 0.717) is 43.2 Å². The number of aryl methyl sites for hydroxylation is 1. The van der Waals surface area contributed by atoms with Gasteiger partial charge in [-0.1, -0.05) is 24.1 Å². The molecule has 13 nitrogen and oxygen atoms in total. The molecule has 6 rings (SSSR count). The average molecular weight is 586 g/mol. The van der Waals surface area contributed by atoms with Crippen LogP contribution in [0.4, 0.5) is 5.95 Å². The number of piperidine rings is 2. The van der Waals surface area contributed by atoms with Gasteiger partial charge in [-0.15, -0.1) is 11.0 Å². The summed E-state index contributed by atoms with van der Waals surface area (Å²) in [5, 5.41) is 12.5. The van der Waals surface area contributed by atoms with Gasteiger partial charge in [-0.25, -0.2) is 4.79 Å². The van der Waals surface area contributed by atoms with Crippen LogP contribution >= 0.6 is 0 Å². The number of nitrogens with two attached hydrogens (primary N) is 1. The van der Waals surface area contributed by atoms with Crippen LogP contribution in [0, 0.1) is 11.8 Å². The molecule has 1 atom stereocenters. The van der Waals surface area contributed by atoms with Crippen LogP contribution in [-0.2, 0) is 20.1 Å². The summed E-state index contributed by atoms with van der Waals surface area (Å²) in [4.78, 5) is 36.5. The second-order valence-electron chi connectivity index (χ2n) is 11.5. The molecule has 0 radical (unpaired) electrons. The van der Waals surface area contributed by atoms with E-state index in [-0.39, 0.29) is 23.2 Å². The van der Waals surface area contributed by atoms with Crippen LogP contribution in [0.25, 0.3) is 16.9 Å². The summed E-state index contributed by atoms with van der Waals surface area (Å²) in [5.74, 6) is 7.83. The first-order valence-electron chi connectivity index (χ1n) is 15.1. The Morgan fingerprint density at radius 2 is 1.81 bits per heavy atom. The molecule has 0 bridgehead atoms. The smallest absolute Gasteiger partial charge is 0.332 e. The Morgan fingerprint density at radius 1 is 1.02 bits per heavy atom.